The zero-order chi connectivity index (χ0) is 16.8. The Bertz CT molecular complexity index is 676. The first-order valence-electron chi connectivity index (χ1n) is 8.15. The summed E-state index contributed by atoms with van der Waals surface area (Å²) in [5.74, 6) is 1.06. The second kappa shape index (κ2) is 5.53. The number of benzene rings is 2. The largest absolute Gasteiger partial charge is 0.543 e. The molecule has 0 N–H and O–H groups in total. The Hall–Kier alpha value is -1.07. The zero-order valence-electron chi connectivity index (χ0n) is 15.4. The van der Waals surface area contributed by atoms with Crippen molar-refractivity contribution in [2.45, 2.75) is 58.5 Å². The molecule has 0 radical (unpaired) electrons. The minimum Gasteiger partial charge on any atom is -0.543 e. The van der Waals surface area contributed by atoms with Crippen LogP contribution in [0.3, 0.4) is 0 Å². The van der Waals surface area contributed by atoms with Crippen LogP contribution < -0.4 is 9.61 Å². The summed E-state index contributed by atoms with van der Waals surface area (Å²) in [6, 6.07) is 13.2. The quantitative estimate of drug-likeness (QED) is 0.649. The average molecular weight is 331 g/mol. The standard InChI is InChI=1S/C19H30OSi2/c1-19(2,3)22(7,8)20-17-13-14-18(21(4,5)6)16-12-10-9-11-15(16)17/h9-14H,1-8H3. The van der Waals surface area contributed by atoms with E-state index >= 15 is 0 Å². The van der Waals surface area contributed by atoms with E-state index in [9.17, 15) is 0 Å². The van der Waals surface area contributed by atoms with E-state index in [0.717, 1.165) is 5.75 Å². The van der Waals surface area contributed by atoms with Crippen LogP contribution in [0.2, 0.25) is 37.8 Å². The van der Waals surface area contributed by atoms with Crippen molar-refractivity contribution in [3.63, 3.8) is 0 Å². The monoisotopic (exact) mass is 330 g/mol. The van der Waals surface area contributed by atoms with Gasteiger partial charge in [0.05, 0.1) is 8.07 Å². The van der Waals surface area contributed by atoms with Gasteiger partial charge in [0.2, 0.25) is 0 Å². The second-order valence-electron chi connectivity index (χ2n) is 8.77. The molecule has 0 aliphatic carbocycles. The minimum absolute atomic E-state index is 0.214. The molecule has 0 fully saturated rings. The van der Waals surface area contributed by atoms with Crippen LogP contribution in [0.1, 0.15) is 20.8 Å². The third-order valence-electron chi connectivity index (χ3n) is 4.86. The Labute approximate surface area is 137 Å². The van der Waals surface area contributed by atoms with Gasteiger partial charge >= 0.3 is 0 Å². The highest BCUT2D eigenvalue weighted by molar-refractivity contribution is 6.90. The first kappa shape index (κ1) is 17.3. The van der Waals surface area contributed by atoms with Crippen LogP contribution in [0.15, 0.2) is 36.4 Å². The molecule has 2 aromatic rings. The lowest BCUT2D eigenvalue weighted by molar-refractivity contribution is 0.496. The summed E-state index contributed by atoms with van der Waals surface area (Å²) >= 11 is 0. The van der Waals surface area contributed by atoms with Gasteiger partial charge in [0, 0.05) is 5.39 Å². The lowest BCUT2D eigenvalue weighted by Gasteiger charge is -2.37. The molecule has 0 saturated carbocycles. The maximum Gasteiger partial charge on any atom is 0.250 e. The van der Waals surface area contributed by atoms with Gasteiger partial charge < -0.3 is 4.43 Å². The molecule has 3 heteroatoms. The van der Waals surface area contributed by atoms with Gasteiger partial charge in [-0.3, -0.25) is 0 Å². The Balaban J connectivity index is 2.59. The van der Waals surface area contributed by atoms with Gasteiger partial charge in [-0.2, -0.15) is 0 Å². The van der Waals surface area contributed by atoms with E-state index in [0.29, 0.717) is 0 Å². The third kappa shape index (κ3) is 3.30. The van der Waals surface area contributed by atoms with E-state index in [4.69, 9.17) is 4.43 Å². The Morgan fingerprint density at radius 2 is 1.32 bits per heavy atom. The number of rotatable bonds is 3. The first-order chi connectivity index (χ1) is 9.93. The molecule has 2 rings (SSSR count). The zero-order valence-corrected chi connectivity index (χ0v) is 17.4. The van der Waals surface area contributed by atoms with Crippen LogP contribution in [-0.2, 0) is 0 Å². The van der Waals surface area contributed by atoms with Crippen LogP contribution in [0.5, 0.6) is 5.75 Å². The van der Waals surface area contributed by atoms with Crippen molar-refractivity contribution in [2.75, 3.05) is 0 Å². The van der Waals surface area contributed by atoms with Gasteiger partial charge in [-0.1, -0.05) is 75.9 Å². The summed E-state index contributed by atoms with van der Waals surface area (Å²) < 4.78 is 6.60. The molecule has 2 aromatic carbocycles. The summed E-state index contributed by atoms with van der Waals surface area (Å²) in [5, 5.41) is 4.38. The molecule has 0 amide bonds. The summed E-state index contributed by atoms with van der Waals surface area (Å²) in [5.41, 5.74) is 0. The second-order valence-corrected chi connectivity index (χ2v) is 18.5. The van der Waals surface area contributed by atoms with Gasteiger partial charge in [-0.15, -0.1) is 0 Å². The van der Waals surface area contributed by atoms with Gasteiger partial charge in [0.15, 0.2) is 0 Å². The van der Waals surface area contributed by atoms with E-state index in [-0.39, 0.29) is 5.04 Å². The molecule has 120 valence electrons. The minimum atomic E-state index is -1.81. The number of hydrogen-bond acceptors (Lipinski definition) is 1. The van der Waals surface area contributed by atoms with Gasteiger partial charge in [0.25, 0.3) is 8.32 Å². The normalized spacial score (nSPS) is 13.5. The van der Waals surface area contributed by atoms with Crippen molar-refractivity contribution in [2.24, 2.45) is 0 Å². The topological polar surface area (TPSA) is 9.23 Å². The van der Waals surface area contributed by atoms with E-state index in [1.807, 2.05) is 0 Å². The van der Waals surface area contributed by atoms with Crippen LogP contribution in [0, 0.1) is 0 Å². The maximum atomic E-state index is 6.60. The van der Waals surface area contributed by atoms with E-state index < -0.39 is 16.4 Å². The molecule has 0 aliphatic rings. The molecule has 0 heterocycles. The third-order valence-corrected chi connectivity index (χ3v) is 11.3. The average Bonchev–Trinajstić information content (AvgIpc) is 2.36. The Morgan fingerprint density at radius 3 is 1.82 bits per heavy atom. The molecule has 0 spiro atoms. The summed E-state index contributed by atoms with van der Waals surface area (Å²) in [4.78, 5) is 0. The van der Waals surface area contributed by atoms with E-state index in [2.05, 4.69) is 89.9 Å². The molecule has 22 heavy (non-hydrogen) atoms. The van der Waals surface area contributed by atoms with Gasteiger partial charge in [-0.05, 0) is 29.6 Å². The first-order valence-corrected chi connectivity index (χ1v) is 14.6. The molecule has 0 unspecified atom stereocenters. The molecule has 0 saturated heterocycles. The molecule has 0 bridgehead atoms. The van der Waals surface area contributed by atoms with Crippen molar-refractivity contribution in [3.8, 4) is 5.75 Å². The van der Waals surface area contributed by atoms with Crippen molar-refractivity contribution < 1.29 is 4.43 Å². The van der Waals surface area contributed by atoms with E-state index in [1.54, 1.807) is 0 Å². The smallest absolute Gasteiger partial charge is 0.250 e. The molecule has 0 aliphatic heterocycles. The predicted molar refractivity (Wildman–Crippen MR) is 105 cm³/mol. The molecular formula is C19H30OSi2. The fourth-order valence-corrected chi connectivity index (χ4v) is 5.09. The fourth-order valence-electron chi connectivity index (χ4n) is 2.44. The predicted octanol–water partition coefficient (Wildman–Crippen LogP) is 5.77. The Kier molecular flexibility index (Phi) is 4.35. The summed E-state index contributed by atoms with van der Waals surface area (Å²) in [6.07, 6.45) is 0. The van der Waals surface area contributed by atoms with Crippen LogP contribution in [0.4, 0.5) is 0 Å². The molecular weight excluding hydrogens is 300 g/mol. The lowest BCUT2D eigenvalue weighted by atomic mass is 10.1. The van der Waals surface area contributed by atoms with Gasteiger partial charge in [0.1, 0.15) is 5.75 Å². The fraction of sp³-hybridized carbons (Fsp3) is 0.474. The molecule has 0 atom stereocenters. The van der Waals surface area contributed by atoms with Crippen LogP contribution >= 0.6 is 0 Å². The van der Waals surface area contributed by atoms with Gasteiger partial charge in [-0.25, -0.2) is 0 Å². The Morgan fingerprint density at radius 1 is 0.773 bits per heavy atom. The lowest BCUT2D eigenvalue weighted by Crippen LogP contribution is -2.44. The van der Waals surface area contributed by atoms with Crippen LogP contribution in [-0.4, -0.2) is 16.4 Å². The highest BCUT2D eigenvalue weighted by atomic mass is 28.4. The van der Waals surface area contributed by atoms with Crippen molar-refractivity contribution >= 4 is 32.4 Å². The maximum absolute atomic E-state index is 6.60. The SMILES string of the molecule is CC(C)(C)[Si](C)(C)Oc1ccc([Si](C)(C)C)c2ccccc12. The van der Waals surface area contributed by atoms with E-state index in [1.165, 1.54) is 16.0 Å². The summed E-state index contributed by atoms with van der Waals surface area (Å²) in [7, 11) is -3.18. The molecule has 1 nitrogen and oxygen atoms in total. The number of fused-ring (bicyclic) bond motifs is 1. The number of hydrogen-bond donors (Lipinski definition) is 0. The highest BCUT2D eigenvalue weighted by Crippen LogP contribution is 2.39. The van der Waals surface area contributed by atoms with Crippen molar-refractivity contribution in [3.05, 3.63) is 36.4 Å². The highest BCUT2D eigenvalue weighted by Gasteiger charge is 2.39. The van der Waals surface area contributed by atoms with Crippen LogP contribution in [0.25, 0.3) is 10.8 Å². The van der Waals surface area contributed by atoms with Crippen molar-refractivity contribution in [1.29, 1.82) is 0 Å². The summed E-state index contributed by atoms with van der Waals surface area (Å²) in [6.45, 7) is 18.7. The van der Waals surface area contributed by atoms with Crippen molar-refractivity contribution in [1.82, 2.24) is 0 Å². The molecule has 0 aromatic heterocycles.